The first-order valence-corrected chi connectivity index (χ1v) is 10.9. The molecule has 132 valence electrons. The van der Waals surface area contributed by atoms with E-state index in [4.69, 9.17) is 4.74 Å². The summed E-state index contributed by atoms with van der Waals surface area (Å²) in [4.78, 5) is 11.7. The highest BCUT2D eigenvalue weighted by Crippen LogP contribution is 2.40. The quantitative estimate of drug-likeness (QED) is 0.678. The van der Waals surface area contributed by atoms with Crippen molar-refractivity contribution < 1.29 is 14.6 Å². The van der Waals surface area contributed by atoms with Crippen LogP contribution in [-0.2, 0) is 9.53 Å². The number of cyclic esters (lactones) is 1. The fraction of sp³-hybridized carbons (Fsp3) is 0.381. The molecule has 0 spiro atoms. The monoisotopic (exact) mass is 354 g/mol. The Morgan fingerprint density at radius 2 is 1.48 bits per heavy atom. The minimum atomic E-state index is -2.67. The molecule has 2 atom stereocenters. The number of aliphatic hydroxyl groups excluding tert-OH is 1. The summed E-state index contributed by atoms with van der Waals surface area (Å²) >= 11 is 0. The molecule has 0 aromatic heterocycles. The van der Waals surface area contributed by atoms with E-state index in [-0.39, 0.29) is 11.0 Å². The highest BCUT2D eigenvalue weighted by Gasteiger charge is 2.56. The number of aliphatic hydroxyl groups is 1. The van der Waals surface area contributed by atoms with E-state index in [1.165, 1.54) is 10.4 Å². The first kappa shape index (κ1) is 17.9. The van der Waals surface area contributed by atoms with Gasteiger partial charge in [0.2, 0.25) is 0 Å². The minimum absolute atomic E-state index is 0.163. The molecule has 0 bridgehead atoms. The second kappa shape index (κ2) is 6.77. The SMILES string of the molecule is CC(C)(C)[Si](c1ccccc1)(c1ccccc1)[C@@H](O)C1CCC(=O)O1. The Morgan fingerprint density at radius 1 is 1.00 bits per heavy atom. The van der Waals surface area contributed by atoms with Crippen LogP contribution in [0.1, 0.15) is 33.6 Å². The maximum absolute atomic E-state index is 11.7. The van der Waals surface area contributed by atoms with Crippen LogP contribution in [0.4, 0.5) is 0 Å². The van der Waals surface area contributed by atoms with Gasteiger partial charge in [0, 0.05) is 6.42 Å². The average molecular weight is 355 g/mol. The molecule has 1 fully saturated rings. The Kier molecular flexibility index (Phi) is 4.85. The molecule has 1 N–H and O–H groups in total. The molecule has 1 aliphatic heterocycles. The van der Waals surface area contributed by atoms with Crippen LogP contribution in [0, 0.1) is 0 Å². The third-order valence-corrected chi connectivity index (χ3v) is 11.5. The van der Waals surface area contributed by atoms with Gasteiger partial charge in [-0.15, -0.1) is 0 Å². The van der Waals surface area contributed by atoms with E-state index in [1.54, 1.807) is 0 Å². The van der Waals surface area contributed by atoms with E-state index in [2.05, 4.69) is 45.0 Å². The summed E-state index contributed by atoms with van der Waals surface area (Å²) in [5.41, 5.74) is -0.691. The van der Waals surface area contributed by atoms with Crippen molar-refractivity contribution in [1.82, 2.24) is 0 Å². The summed E-state index contributed by atoms with van der Waals surface area (Å²) in [6.45, 7) is 6.58. The third kappa shape index (κ3) is 3.05. The predicted molar refractivity (Wildman–Crippen MR) is 103 cm³/mol. The van der Waals surface area contributed by atoms with Crippen LogP contribution in [0.15, 0.2) is 60.7 Å². The van der Waals surface area contributed by atoms with Crippen LogP contribution < -0.4 is 10.4 Å². The second-order valence-electron chi connectivity index (χ2n) is 7.80. The van der Waals surface area contributed by atoms with E-state index in [1.807, 2.05) is 36.4 Å². The molecular formula is C21H26O3Si. The fourth-order valence-electron chi connectivity index (χ4n) is 4.27. The van der Waals surface area contributed by atoms with Crippen LogP contribution in [0.25, 0.3) is 0 Å². The lowest BCUT2D eigenvalue weighted by atomic mass is 10.2. The van der Waals surface area contributed by atoms with Crippen molar-refractivity contribution in [2.45, 2.75) is 50.5 Å². The van der Waals surface area contributed by atoms with Crippen LogP contribution in [0.3, 0.4) is 0 Å². The number of hydrogen-bond acceptors (Lipinski definition) is 3. The number of rotatable bonds is 4. The Hall–Kier alpha value is -1.91. The van der Waals surface area contributed by atoms with E-state index in [9.17, 15) is 9.90 Å². The maximum Gasteiger partial charge on any atom is 0.306 e. The fourth-order valence-corrected chi connectivity index (χ4v) is 10.1. The molecule has 3 rings (SSSR count). The largest absolute Gasteiger partial charge is 0.460 e. The van der Waals surface area contributed by atoms with Gasteiger partial charge in [-0.2, -0.15) is 0 Å². The number of esters is 1. The molecule has 4 heteroatoms. The first-order valence-electron chi connectivity index (χ1n) is 8.86. The van der Waals surface area contributed by atoms with Gasteiger partial charge in [-0.25, -0.2) is 0 Å². The standard InChI is InChI=1S/C21H26O3Si/c1-21(2,3)25(16-10-6-4-7-11-16,17-12-8-5-9-13-17)20(23)18-14-15-19(22)24-18/h4-13,18,20,23H,14-15H2,1-3H3/t18?,20-/m1/s1. The zero-order chi connectivity index (χ0) is 18.1. The van der Waals surface area contributed by atoms with Gasteiger partial charge in [-0.05, 0) is 11.5 Å². The molecule has 1 unspecified atom stereocenters. The molecule has 0 saturated carbocycles. The van der Waals surface area contributed by atoms with Gasteiger partial charge < -0.3 is 9.84 Å². The Bertz CT molecular complexity index is 682. The average Bonchev–Trinajstić information content (AvgIpc) is 3.02. The van der Waals surface area contributed by atoms with Gasteiger partial charge in [0.15, 0.2) is 8.07 Å². The number of ether oxygens (including phenoxy) is 1. The zero-order valence-electron chi connectivity index (χ0n) is 15.1. The number of benzene rings is 2. The Labute approximate surface area is 150 Å². The molecule has 0 radical (unpaired) electrons. The molecule has 2 aromatic rings. The first-order chi connectivity index (χ1) is 11.9. The van der Waals surface area contributed by atoms with E-state index < -0.39 is 19.9 Å². The van der Waals surface area contributed by atoms with Crippen molar-refractivity contribution in [3.8, 4) is 0 Å². The van der Waals surface area contributed by atoms with Crippen LogP contribution in [0.5, 0.6) is 0 Å². The normalized spacial score (nSPS) is 19.5. The van der Waals surface area contributed by atoms with Crippen LogP contribution >= 0.6 is 0 Å². The molecular weight excluding hydrogens is 328 g/mol. The maximum atomic E-state index is 11.7. The predicted octanol–water partition coefficient (Wildman–Crippen LogP) is 2.66. The lowest BCUT2D eigenvalue weighted by Gasteiger charge is -2.48. The van der Waals surface area contributed by atoms with Gasteiger partial charge in [0.25, 0.3) is 0 Å². The molecule has 25 heavy (non-hydrogen) atoms. The molecule has 1 aliphatic rings. The van der Waals surface area contributed by atoms with Gasteiger partial charge in [-0.3, -0.25) is 4.79 Å². The Morgan fingerprint density at radius 3 is 1.84 bits per heavy atom. The summed E-state index contributed by atoms with van der Waals surface area (Å²) < 4.78 is 5.51. The molecule has 0 aliphatic carbocycles. The topological polar surface area (TPSA) is 46.5 Å². The van der Waals surface area contributed by atoms with Crippen molar-refractivity contribution >= 4 is 24.4 Å². The summed E-state index contributed by atoms with van der Waals surface area (Å²) in [6.07, 6.45) is 0.545. The minimum Gasteiger partial charge on any atom is -0.460 e. The lowest BCUT2D eigenvalue weighted by molar-refractivity contribution is -0.143. The van der Waals surface area contributed by atoms with Crippen molar-refractivity contribution in [2.24, 2.45) is 0 Å². The van der Waals surface area contributed by atoms with Gasteiger partial charge in [0.05, 0.1) is 5.73 Å². The highest BCUT2D eigenvalue weighted by atomic mass is 28.3. The Balaban J connectivity index is 2.24. The van der Waals surface area contributed by atoms with E-state index in [0.717, 1.165) is 0 Å². The summed E-state index contributed by atoms with van der Waals surface area (Å²) in [6, 6.07) is 20.6. The molecule has 0 amide bonds. The summed E-state index contributed by atoms with van der Waals surface area (Å²) in [5, 5.41) is 13.8. The van der Waals surface area contributed by atoms with Gasteiger partial charge >= 0.3 is 5.97 Å². The van der Waals surface area contributed by atoms with E-state index in [0.29, 0.717) is 12.8 Å². The summed E-state index contributed by atoms with van der Waals surface area (Å²) in [5.74, 6) is -0.206. The van der Waals surface area contributed by atoms with Gasteiger partial charge in [0.1, 0.15) is 6.10 Å². The molecule has 3 nitrogen and oxygen atoms in total. The summed E-state index contributed by atoms with van der Waals surface area (Å²) in [7, 11) is -2.67. The lowest BCUT2D eigenvalue weighted by Crippen LogP contribution is -2.74. The number of carbonyl (C=O) groups is 1. The number of hydrogen-bond donors (Lipinski definition) is 1. The zero-order valence-corrected chi connectivity index (χ0v) is 16.1. The molecule has 1 saturated heterocycles. The van der Waals surface area contributed by atoms with Gasteiger partial charge in [-0.1, -0.05) is 91.8 Å². The van der Waals surface area contributed by atoms with Crippen LogP contribution in [-0.4, -0.2) is 31.0 Å². The molecule has 2 aromatic carbocycles. The van der Waals surface area contributed by atoms with Crippen molar-refractivity contribution in [3.63, 3.8) is 0 Å². The van der Waals surface area contributed by atoms with Crippen molar-refractivity contribution in [1.29, 1.82) is 0 Å². The van der Waals surface area contributed by atoms with Crippen molar-refractivity contribution in [2.75, 3.05) is 0 Å². The second-order valence-corrected chi connectivity index (χ2v) is 12.7. The van der Waals surface area contributed by atoms with Crippen LogP contribution in [0.2, 0.25) is 5.04 Å². The number of carbonyl (C=O) groups excluding carboxylic acids is 1. The highest BCUT2D eigenvalue weighted by molar-refractivity contribution is 7.05. The molecule has 1 heterocycles. The smallest absolute Gasteiger partial charge is 0.306 e. The van der Waals surface area contributed by atoms with E-state index >= 15 is 0 Å². The third-order valence-electron chi connectivity index (χ3n) is 5.35. The van der Waals surface area contributed by atoms with Crippen molar-refractivity contribution in [3.05, 3.63) is 60.7 Å².